The van der Waals surface area contributed by atoms with Gasteiger partial charge in [-0.25, -0.2) is 4.79 Å². The lowest BCUT2D eigenvalue weighted by Gasteiger charge is -2.17. The molecule has 0 aliphatic rings. The first kappa shape index (κ1) is 16.5. The van der Waals surface area contributed by atoms with E-state index in [0.29, 0.717) is 11.4 Å². The third kappa shape index (κ3) is 4.32. The Morgan fingerprint density at radius 3 is 2.39 bits per heavy atom. The quantitative estimate of drug-likeness (QED) is 0.857. The minimum Gasteiger partial charge on any atom is -0.481 e. The van der Waals surface area contributed by atoms with Crippen LogP contribution < -0.4 is 10.1 Å². The predicted octanol–water partition coefficient (Wildman–Crippen LogP) is 3.35. The van der Waals surface area contributed by atoms with E-state index in [4.69, 9.17) is 9.84 Å². The van der Waals surface area contributed by atoms with Gasteiger partial charge >= 0.3 is 5.97 Å². The monoisotopic (exact) mass is 313 g/mol. The molecular formula is C18H19NO4. The summed E-state index contributed by atoms with van der Waals surface area (Å²) in [6.45, 7) is 3.70. The highest BCUT2D eigenvalue weighted by Gasteiger charge is 2.16. The van der Waals surface area contributed by atoms with Gasteiger partial charge in [0.05, 0.1) is 5.56 Å². The van der Waals surface area contributed by atoms with Crippen molar-refractivity contribution in [3.8, 4) is 5.75 Å². The number of hydrogen-bond donors (Lipinski definition) is 2. The zero-order chi connectivity index (χ0) is 16.8. The standard InChI is InChI=1S/C18H19NO4/c1-3-13-6-4-5-7-16(13)23-12(2)17(20)19-15-10-8-14(9-11-15)18(21)22/h4-12H,3H2,1-2H3,(H,19,20)(H,21,22). The average Bonchev–Trinajstić information content (AvgIpc) is 2.55. The summed E-state index contributed by atoms with van der Waals surface area (Å²) in [4.78, 5) is 23.0. The Labute approximate surface area is 134 Å². The molecule has 0 bridgehead atoms. The number of benzene rings is 2. The summed E-state index contributed by atoms with van der Waals surface area (Å²) < 4.78 is 5.73. The Morgan fingerprint density at radius 1 is 1.13 bits per heavy atom. The summed E-state index contributed by atoms with van der Waals surface area (Å²) in [5, 5.41) is 11.6. The van der Waals surface area contributed by atoms with Crippen LogP contribution in [-0.4, -0.2) is 23.1 Å². The van der Waals surface area contributed by atoms with E-state index < -0.39 is 12.1 Å². The number of carboxylic acid groups (broad SMARTS) is 1. The number of amides is 1. The molecule has 120 valence electrons. The largest absolute Gasteiger partial charge is 0.481 e. The van der Waals surface area contributed by atoms with Gasteiger partial charge in [-0.05, 0) is 49.2 Å². The summed E-state index contributed by atoms with van der Waals surface area (Å²) in [5.41, 5.74) is 1.74. The maximum absolute atomic E-state index is 12.2. The minimum atomic E-state index is -1.00. The maximum Gasteiger partial charge on any atom is 0.335 e. The third-order valence-electron chi connectivity index (χ3n) is 3.43. The van der Waals surface area contributed by atoms with Crippen LogP contribution in [0.25, 0.3) is 0 Å². The van der Waals surface area contributed by atoms with Crippen molar-refractivity contribution in [3.63, 3.8) is 0 Å². The third-order valence-corrected chi connectivity index (χ3v) is 3.43. The summed E-state index contributed by atoms with van der Waals surface area (Å²) >= 11 is 0. The number of rotatable bonds is 6. The van der Waals surface area contributed by atoms with Crippen LogP contribution in [0, 0.1) is 0 Å². The van der Waals surface area contributed by atoms with E-state index in [-0.39, 0.29) is 11.5 Å². The molecule has 1 atom stereocenters. The number of carbonyl (C=O) groups is 2. The molecule has 0 heterocycles. The molecular weight excluding hydrogens is 294 g/mol. The SMILES string of the molecule is CCc1ccccc1OC(C)C(=O)Nc1ccc(C(=O)O)cc1. The summed E-state index contributed by atoms with van der Waals surface area (Å²) in [7, 11) is 0. The van der Waals surface area contributed by atoms with Crippen LogP contribution in [0.2, 0.25) is 0 Å². The fourth-order valence-corrected chi connectivity index (χ4v) is 2.09. The number of carbonyl (C=O) groups excluding carboxylic acids is 1. The fourth-order valence-electron chi connectivity index (χ4n) is 2.09. The van der Waals surface area contributed by atoms with Crippen LogP contribution in [0.3, 0.4) is 0 Å². The first-order valence-corrected chi connectivity index (χ1v) is 7.40. The molecule has 2 aromatic rings. The van der Waals surface area contributed by atoms with Gasteiger partial charge in [-0.2, -0.15) is 0 Å². The van der Waals surface area contributed by atoms with Crippen molar-refractivity contribution >= 4 is 17.6 Å². The molecule has 0 saturated carbocycles. The molecule has 5 nitrogen and oxygen atoms in total. The molecule has 5 heteroatoms. The molecule has 0 spiro atoms. The molecule has 1 unspecified atom stereocenters. The van der Waals surface area contributed by atoms with Crippen molar-refractivity contribution in [2.24, 2.45) is 0 Å². The predicted molar refractivity (Wildman–Crippen MR) is 87.9 cm³/mol. The number of nitrogens with one attached hydrogen (secondary N) is 1. The van der Waals surface area contributed by atoms with Crippen molar-refractivity contribution in [1.29, 1.82) is 0 Å². The van der Waals surface area contributed by atoms with E-state index in [1.54, 1.807) is 19.1 Å². The van der Waals surface area contributed by atoms with Crippen LogP contribution in [0.5, 0.6) is 5.75 Å². The number of hydrogen-bond acceptors (Lipinski definition) is 3. The van der Waals surface area contributed by atoms with E-state index in [2.05, 4.69) is 5.32 Å². The Morgan fingerprint density at radius 2 is 1.78 bits per heavy atom. The lowest BCUT2D eigenvalue weighted by Crippen LogP contribution is -2.30. The molecule has 0 aromatic heterocycles. The Hall–Kier alpha value is -2.82. The lowest BCUT2D eigenvalue weighted by atomic mass is 10.1. The summed E-state index contributed by atoms with van der Waals surface area (Å²) in [5.74, 6) is -0.603. The van der Waals surface area contributed by atoms with Crippen molar-refractivity contribution in [3.05, 3.63) is 59.7 Å². The molecule has 0 fully saturated rings. The average molecular weight is 313 g/mol. The molecule has 23 heavy (non-hydrogen) atoms. The highest BCUT2D eigenvalue weighted by molar-refractivity contribution is 5.95. The number of aryl methyl sites for hydroxylation is 1. The minimum absolute atomic E-state index is 0.171. The van der Waals surface area contributed by atoms with Crippen molar-refractivity contribution in [2.75, 3.05) is 5.32 Å². The zero-order valence-corrected chi connectivity index (χ0v) is 13.1. The van der Waals surface area contributed by atoms with Crippen LogP contribution >= 0.6 is 0 Å². The van der Waals surface area contributed by atoms with Gasteiger partial charge in [0.15, 0.2) is 6.10 Å². The van der Waals surface area contributed by atoms with Gasteiger partial charge in [-0.1, -0.05) is 25.1 Å². The van der Waals surface area contributed by atoms with Crippen LogP contribution in [-0.2, 0) is 11.2 Å². The highest BCUT2D eigenvalue weighted by atomic mass is 16.5. The number of para-hydroxylation sites is 1. The Kier molecular flexibility index (Phi) is 5.36. The summed E-state index contributed by atoms with van der Waals surface area (Å²) in [6, 6.07) is 13.6. The summed E-state index contributed by atoms with van der Waals surface area (Å²) in [6.07, 6.45) is 0.156. The molecule has 1 amide bonds. The number of anilines is 1. The first-order chi connectivity index (χ1) is 11.0. The van der Waals surface area contributed by atoms with E-state index in [1.165, 1.54) is 12.1 Å². The van der Waals surface area contributed by atoms with Crippen LogP contribution in [0.4, 0.5) is 5.69 Å². The molecule has 2 rings (SSSR count). The molecule has 0 aliphatic heterocycles. The zero-order valence-electron chi connectivity index (χ0n) is 13.1. The molecule has 0 saturated heterocycles. The van der Waals surface area contributed by atoms with Crippen molar-refractivity contribution in [1.82, 2.24) is 0 Å². The highest BCUT2D eigenvalue weighted by Crippen LogP contribution is 2.20. The van der Waals surface area contributed by atoms with Gasteiger partial charge in [0.25, 0.3) is 5.91 Å². The number of aromatic carboxylic acids is 1. The lowest BCUT2D eigenvalue weighted by molar-refractivity contribution is -0.122. The fraction of sp³-hybridized carbons (Fsp3) is 0.222. The molecule has 0 radical (unpaired) electrons. The Balaban J connectivity index is 2.01. The maximum atomic E-state index is 12.2. The number of ether oxygens (including phenoxy) is 1. The number of carboxylic acids is 1. The molecule has 2 aromatic carbocycles. The second kappa shape index (κ2) is 7.45. The van der Waals surface area contributed by atoms with E-state index >= 15 is 0 Å². The van der Waals surface area contributed by atoms with E-state index in [0.717, 1.165) is 12.0 Å². The molecule has 0 aliphatic carbocycles. The molecule has 2 N–H and O–H groups in total. The normalized spacial score (nSPS) is 11.6. The van der Waals surface area contributed by atoms with Gasteiger partial charge in [-0.15, -0.1) is 0 Å². The van der Waals surface area contributed by atoms with Gasteiger partial charge < -0.3 is 15.2 Å². The van der Waals surface area contributed by atoms with Crippen molar-refractivity contribution in [2.45, 2.75) is 26.4 Å². The van der Waals surface area contributed by atoms with Crippen molar-refractivity contribution < 1.29 is 19.4 Å². The van der Waals surface area contributed by atoms with Gasteiger partial charge in [0.1, 0.15) is 5.75 Å². The van der Waals surface area contributed by atoms with Gasteiger partial charge in [-0.3, -0.25) is 4.79 Å². The smallest absolute Gasteiger partial charge is 0.335 e. The van der Waals surface area contributed by atoms with E-state index in [9.17, 15) is 9.59 Å². The van der Waals surface area contributed by atoms with Gasteiger partial charge in [0, 0.05) is 5.69 Å². The second-order valence-corrected chi connectivity index (χ2v) is 5.09. The van der Waals surface area contributed by atoms with Crippen LogP contribution in [0.15, 0.2) is 48.5 Å². The van der Waals surface area contributed by atoms with Crippen LogP contribution in [0.1, 0.15) is 29.8 Å². The van der Waals surface area contributed by atoms with Gasteiger partial charge in [0.2, 0.25) is 0 Å². The topological polar surface area (TPSA) is 75.6 Å². The Bertz CT molecular complexity index is 694. The first-order valence-electron chi connectivity index (χ1n) is 7.40. The second-order valence-electron chi connectivity index (χ2n) is 5.09. The van der Waals surface area contributed by atoms with E-state index in [1.807, 2.05) is 31.2 Å².